The number of aryl methyl sites for hydroxylation is 1. The molecule has 0 radical (unpaired) electrons. The van der Waals surface area contributed by atoms with Crippen molar-refractivity contribution in [2.45, 2.75) is 20.8 Å². The summed E-state index contributed by atoms with van der Waals surface area (Å²) in [6.07, 6.45) is 3.06. The summed E-state index contributed by atoms with van der Waals surface area (Å²) in [4.78, 5) is 20.2. The average molecular weight is 284 g/mol. The maximum atomic E-state index is 11.9. The van der Waals surface area contributed by atoms with Crippen LogP contribution in [0.3, 0.4) is 0 Å². The van der Waals surface area contributed by atoms with Crippen LogP contribution < -0.4 is 10.6 Å². The zero-order chi connectivity index (χ0) is 15.2. The first-order valence-corrected chi connectivity index (χ1v) is 6.99. The molecular formula is C16H20N4O. The van der Waals surface area contributed by atoms with Crippen molar-refractivity contribution in [2.24, 2.45) is 5.92 Å². The van der Waals surface area contributed by atoms with Gasteiger partial charge in [-0.15, -0.1) is 0 Å². The molecule has 2 rings (SSSR count). The summed E-state index contributed by atoms with van der Waals surface area (Å²) >= 11 is 0. The Morgan fingerprint density at radius 3 is 2.48 bits per heavy atom. The number of aromatic nitrogens is 2. The second kappa shape index (κ2) is 6.83. The highest BCUT2D eigenvalue weighted by molar-refractivity contribution is 5.93. The maximum Gasteiger partial charge on any atom is 0.254 e. The second-order valence-corrected chi connectivity index (χ2v) is 5.34. The topological polar surface area (TPSA) is 66.9 Å². The minimum absolute atomic E-state index is 0.147. The van der Waals surface area contributed by atoms with Crippen molar-refractivity contribution >= 4 is 17.5 Å². The quantitative estimate of drug-likeness (QED) is 0.886. The fraction of sp³-hybridized carbons (Fsp3) is 0.312. The first-order valence-electron chi connectivity index (χ1n) is 6.99. The molecular weight excluding hydrogens is 264 g/mol. The van der Waals surface area contributed by atoms with Gasteiger partial charge in [0.25, 0.3) is 5.91 Å². The van der Waals surface area contributed by atoms with Crippen LogP contribution in [0, 0.1) is 12.8 Å². The summed E-state index contributed by atoms with van der Waals surface area (Å²) in [5.74, 6) is 0.743. The Labute approximate surface area is 124 Å². The fourth-order valence-corrected chi connectivity index (χ4v) is 1.74. The van der Waals surface area contributed by atoms with E-state index in [0.717, 1.165) is 11.3 Å². The number of nitrogens with zero attached hydrogens (tertiary/aromatic N) is 2. The van der Waals surface area contributed by atoms with Crippen molar-refractivity contribution in [3.63, 3.8) is 0 Å². The minimum Gasteiger partial charge on any atom is -0.352 e. The van der Waals surface area contributed by atoms with Crippen LogP contribution in [-0.4, -0.2) is 22.4 Å². The predicted molar refractivity (Wildman–Crippen MR) is 83.7 cm³/mol. The molecule has 1 heterocycles. The highest BCUT2D eigenvalue weighted by Crippen LogP contribution is 2.16. The Bertz CT molecular complexity index is 608. The normalized spacial score (nSPS) is 10.5. The molecule has 0 aliphatic carbocycles. The monoisotopic (exact) mass is 284 g/mol. The number of benzene rings is 1. The molecule has 0 unspecified atom stereocenters. The number of hydrogen-bond acceptors (Lipinski definition) is 4. The van der Waals surface area contributed by atoms with E-state index in [9.17, 15) is 4.79 Å². The van der Waals surface area contributed by atoms with Crippen molar-refractivity contribution in [1.29, 1.82) is 0 Å². The van der Waals surface area contributed by atoms with Crippen LogP contribution in [0.1, 0.15) is 29.8 Å². The van der Waals surface area contributed by atoms with Gasteiger partial charge in [0.1, 0.15) is 0 Å². The van der Waals surface area contributed by atoms with E-state index >= 15 is 0 Å². The highest BCUT2D eigenvalue weighted by Gasteiger charge is 2.08. The lowest BCUT2D eigenvalue weighted by atomic mass is 10.2. The van der Waals surface area contributed by atoms with Crippen LogP contribution in [0.5, 0.6) is 0 Å². The molecule has 5 nitrogen and oxygen atoms in total. The average Bonchev–Trinajstić information content (AvgIpc) is 2.48. The van der Waals surface area contributed by atoms with E-state index < -0.39 is 0 Å². The third kappa shape index (κ3) is 4.27. The Morgan fingerprint density at radius 1 is 1.19 bits per heavy atom. The number of amides is 1. The molecule has 1 amide bonds. The van der Waals surface area contributed by atoms with Gasteiger partial charge in [-0.3, -0.25) is 4.79 Å². The van der Waals surface area contributed by atoms with Gasteiger partial charge < -0.3 is 10.6 Å². The van der Waals surface area contributed by atoms with Crippen molar-refractivity contribution in [1.82, 2.24) is 15.3 Å². The smallest absolute Gasteiger partial charge is 0.254 e. The van der Waals surface area contributed by atoms with Crippen molar-refractivity contribution in [3.8, 4) is 0 Å². The van der Waals surface area contributed by atoms with Crippen LogP contribution in [-0.2, 0) is 0 Å². The fourth-order valence-electron chi connectivity index (χ4n) is 1.74. The zero-order valence-corrected chi connectivity index (χ0v) is 12.6. The lowest BCUT2D eigenvalue weighted by Crippen LogP contribution is -2.27. The molecule has 0 spiro atoms. The van der Waals surface area contributed by atoms with Crippen molar-refractivity contribution < 1.29 is 4.79 Å². The molecule has 0 aliphatic heterocycles. The van der Waals surface area contributed by atoms with Crippen molar-refractivity contribution in [3.05, 3.63) is 47.8 Å². The molecule has 1 aromatic carbocycles. The number of para-hydroxylation sites is 1. The van der Waals surface area contributed by atoms with Gasteiger partial charge >= 0.3 is 0 Å². The first kappa shape index (κ1) is 15.0. The van der Waals surface area contributed by atoms with Gasteiger partial charge in [0.2, 0.25) is 5.95 Å². The molecule has 0 saturated carbocycles. The molecule has 0 saturated heterocycles. The van der Waals surface area contributed by atoms with Gasteiger partial charge in [-0.05, 0) is 24.5 Å². The standard InChI is InChI=1S/C16H20N4O/c1-11(2)8-17-15(21)13-9-18-16(19-10-13)20-14-7-5-4-6-12(14)3/h4-7,9-11H,8H2,1-3H3,(H,17,21)(H,18,19,20). The minimum atomic E-state index is -0.147. The molecule has 2 aromatic rings. The number of anilines is 2. The van der Waals surface area contributed by atoms with Gasteiger partial charge in [-0.2, -0.15) is 0 Å². The van der Waals surface area contributed by atoms with Crippen LogP contribution >= 0.6 is 0 Å². The summed E-state index contributed by atoms with van der Waals surface area (Å²) in [7, 11) is 0. The highest BCUT2D eigenvalue weighted by atomic mass is 16.1. The van der Waals surface area contributed by atoms with E-state index in [-0.39, 0.29) is 5.91 Å². The van der Waals surface area contributed by atoms with Crippen LogP contribution in [0.4, 0.5) is 11.6 Å². The summed E-state index contributed by atoms with van der Waals surface area (Å²) in [5.41, 5.74) is 2.53. The van der Waals surface area contributed by atoms with E-state index in [1.165, 1.54) is 12.4 Å². The lowest BCUT2D eigenvalue weighted by molar-refractivity contribution is 0.0948. The van der Waals surface area contributed by atoms with Crippen molar-refractivity contribution in [2.75, 3.05) is 11.9 Å². The number of carbonyl (C=O) groups is 1. The number of rotatable bonds is 5. The van der Waals surface area contributed by atoms with Gasteiger partial charge in [0, 0.05) is 24.6 Å². The van der Waals surface area contributed by atoms with Crippen LogP contribution in [0.15, 0.2) is 36.7 Å². The van der Waals surface area contributed by atoms with Gasteiger partial charge in [0.05, 0.1) is 5.56 Å². The summed E-state index contributed by atoms with van der Waals surface area (Å²) in [5, 5.41) is 5.97. The number of nitrogens with one attached hydrogen (secondary N) is 2. The van der Waals surface area contributed by atoms with E-state index in [1.54, 1.807) is 0 Å². The van der Waals surface area contributed by atoms with Crippen LogP contribution in [0.2, 0.25) is 0 Å². The van der Waals surface area contributed by atoms with E-state index in [1.807, 2.05) is 45.0 Å². The van der Waals surface area contributed by atoms with Crippen LogP contribution in [0.25, 0.3) is 0 Å². The van der Waals surface area contributed by atoms with Gasteiger partial charge in [0.15, 0.2) is 0 Å². The Hall–Kier alpha value is -2.43. The summed E-state index contributed by atoms with van der Waals surface area (Å²) in [6.45, 7) is 6.75. The number of carbonyl (C=O) groups excluding carboxylic acids is 1. The SMILES string of the molecule is Cc1ccccc1Nc1ncc(C(=O)NCC(C)C)cn1. The zero-order valence-electron chi connectivity index (χ0n) is 12.6. The first-order chi connectivity index (χ1) is 10.1. The lowest BCUT2D eigenvalue weighted by Gasteiger charge is -2.09. The Morgan fingerprint density at radius 2 is 1.86 bits per heavy atom. The third-order valence-electron chi connectivity index (χ3n) is 2.98. The predicted octanol–water partition coefficient (Wildman–Crippen LogP) is 2.91. The summed E-state index contributed by atoms with van der Waals surface area (Å²) in [6, 6.07) is 7.89. The largest absolute Gasteiger partial charge is 0.352 e. The Kier molecular flexibility index (Phi) is 4.87. The molecule has 5 heteroatoms. The molecule has 1 aromatic heterocycles. The molecule has 110 valence electrons. The van der Waals surface area contributed by atoms with E-state index in [2.05, 4.69) is 20.6 Å². The van der Waals surface area contributed by atoms with E-state index in [4.69, 9.17) is 0 Å². The second-order valence-electron chi connectivity index (χ2n) is 5.34. The molecule has 21 heavy (non-hydrogen) atoms. The third-order valence-corrected chi connectivity index (χ3v) is 2.98. The molecule has 0 atom stereocenters. The van der Waals surface area contributed by atoms with Gasteiger partial charge in [-0.25, -0.2) is 9.97 Å². The molecule has 0 bridgehead atoms. The molecule has 0 fully saturated rings. The number of hydrogen-bond donors (Lipinski definition) is 2. The molecule has 2 N–H and O–H groups in total. The Balaban J connectivity index is 2.02. The maximum absolute atomic E-state index is 11.9. The summed E-state index contributed by atoms with van der Waals surface area (Å²) < 4.78 is 0. The van der Waals surface area contributed by atoms with E-state index in [0.29, 0.717) is 24.0 Å². The van der Waals surface area contributed by atoms with Gasteiger partial charge in [-0.1, -0.05) is 32.0 Å². The molecule has 0 aliphatic rings.